The van der Waals surface area contributed by atoms with E-state index >= 15 is 0 Å². The van der Waals surface area contributed by atoms with Crippen molar-refractivity contribution >= 4 is 17.0 Å². The maximum absolute atomic E-state index is 5.80. The highest BCUT2D eigenvalue weighted by atomic mass is 16.5. The largest absolute Gasteiger partial charge is 0.376 e. The summed E-state index contributed by atoms with van der Waals surface area (Å²) in [5.41, 5.74) is 1.51. The van der Waals surface area contributed by atoms with Crippen molar-refractivity contribution in [2.45, 2.75) is 51.8 Å². The fourth-order valence-corrected chi connectivity index (χ4v) is 2.92. The van der Waals surface area contributed by atoms with Crippen molar-refractivity contribution in [3.63, 3.8) is 0 Å². The zero-order valence-corrected chi connectivity index (χ0v) is 13.1. The van der Waals surface area contributed by atoms with Gasteiger partial charge in [-0.25, -0.2) is 15.0 Å². The number of fused-ring (bicyclic) bond motifs is 1. The molecule has 114 valence electrons. The van der Waals surface area contributed by atoms with E-state index in [0.29, 0.717) is 5.92 Å². The minimum atomic E-state index is -0.176. The number of aromatic nitrogens is 4. The molecule has 1 saturated carbocycles. The molecule has 2 heterocycles. The van der Waals surface area contributed by atoms with Crippen LogP contribution in [-0.2, 0) is 11.3 Å². The Morgan fingerprint density at radius 2 is 2.19 bits per heavy atom. The van der Waals surface area contributed by atoms with Crippen LogP contribution in [0.15, 0.2) is 12.7 Å². The summed E-state index contributed by atoms with van der Waals surface area (Å²) in [4.78, 5) is 13.1. The second kappa shape index (κ2) is 5.26. The number of ether oxygens (including phenoxy) is 1. The van der Waals surface area contributed by atoms with Crippen LogP contribution in [0.5, 0.6) is 0 Å². The molecule has 21 heavy (non-hydrogen) atoms. The first kappa shape index (κ1) is 14.3. The van der Waals surface area contributed by atoms with Gasteiger partial charge in [-0.1, -0.05) is 0 Å². The number of nitrogens with one attached hydrogen (secondary N) is 1. The van der Waals surface area contributed by atoms with Gasteiger partial charge < -0.3 is 14.6 Å². The van der Waals surface area contributed by atoms with Crippen LogP contribution in [0, 0.1) is 5.92 Å². The topological polar surface area (TPSA) is 64.9 Å². The Kier molecular flexibility index (Phi) is 3.57. The molecule has 2 unspecified atom stereocenters. The quantitative estimate of drug-likeness (QED) is 0.885. The van der Waals surface area contributed by atoms with Crippen molar-refractivity contribution in [1.29, 1.82) is 0 Å². The van der Waals surface area contributed by atoms with Gasteiger partial charge in [0.1, 0.15) is 11.8 Å². The third kappa shape index (κ3) is 2.37. The maximum Gasteiger partial charge on any atom is 0.165 e. The predicted octanol–water partition coefficient (Wildman–Crippen LogP) is 2.46. The Balaban J connectivity index is 1.89. The van der Waals surface area contributed by atoms with E-state index in [0.717, 1.165) is 23.5 Å². The van der Waals surface area contributed by atoms with Gasteiger partial charge in [0, 0.05) is 13.7 Å². The molecule has 6 heteroatoms. The van der Waals surface area contributed by atoms with Crippen LogP contribution in [0.1, 0.15) is 33.6 Å². The van der Waals surface area contributed by atoms with E-state index in [1.807, 2.05) is 10.9 Å². The lowest BCUT2D eigenvalue weighted by atomic mass is 9.91. The Morgan fingerprint density at radius 1 is 1.43 bits per heavy atom. The number of aryl methyl sites for hydroxylation is 1. The summed E-state index contributed by atoms with van der Waals surface area (Å²) in [5.74, 6) is 1.40. The fourth-order valence-electron chi connectivity index (χ4n) is 2.92. The van der Waals surface area contributed by atoms with Crippen molar-refractivity contribution in [3.8, 4) is 0 Å². The van der Waals surface area contributed by atoms with Gasteiger partial charge in [-0.2, -0.15) is 0 Å². The molecule has 1 N–H and O–H groups in total. The second-order valence-electron chi connectivity index (χ2n) is 5.95. The van der Waals surface area contributed by atoms with Gasteiger partial charge in [0.2, 0.25) is 0 Å². The van der Waals surface area contributed by atoms with Crippen molar-refractivity contribution in [3.05, 3.63) is 12.7 Å². The van der Waals surface area contributed by atoms with Gasteiger partial charge in [-0.05, 0) is 39.5 Å². The number of imidazole rings is 1. The second-order valence-corrected chi connectivity index (χ2v) is 5.95. The van der Waals surface area contributed by atoms with Crippen LogP contribution < -0.4 is 5.32 Å². The number of methoxy groups -OCH3 is 1. The monoisotopic (exact) mass is 289 g/mol. The molecule has 0 saturated heterocycles. The zero-order valence-electron chi connectivity index (χ0n) is 13.1. The van der Waals surface area contributed by atoms with Crippen LogP contribution in [0.2, 0.25) is 0 Å². The summed E-state index contributed by atoms with van der Waals surface area (Å²) in [6.45, 7) is 7.24. The molecule has 0 aliphatic heterocycles. The lowest BCUT2D eigenvalue weighted by Crippen LogP contribution is -2.46. The molecule has 2 aromatic rings. The van der Waals surface area contributed by atoms with E-state index in [4.69, 9.17) is 4.74 Å². The first-order chi connectivity index (χ1) is 10.1. The highest BCUT2D eigenvalue weighted by Gasteiger charge is 2.46. The smallest absolute Gasteiger partial charge is 0.165 e. The Hall–Kier alpha value is -1.69. The van der Waals surface area contributed by atoms with Gasteiger partial charge >= 0.3 is 0 Å². The predicted molar refractivity (Wildman–Crippen MR) is 82.2 cm³/mol. The molecular weight excluding hydrogens is 266 g/mol. The average Bonchev–Trinajstić information content (AvgIpc) is 3.27. The van der Waals surface area contributed by atoms with Crippen LogP contribution >= 0.6 is 0 Å². The van der Waals surface area contributed by atoms with Crippen molar-refractivity contribution in [2.24, 2.45) is 5.92 Å². The molecule has 0 bridgehead atoms. The highest BCUT2D eigenvalue weighted by Crippen LogP contribution is 2.44. The summed E-state index contributed by atoms with van der Waals surface area (Å²) in [6.07, 6.45) is 5.87. The van der Waals surface area contributed by atoms with Gasteiger partial charge in [0.25, 0.3) is 0 Å². The molecule has 0 spiro atoms. The number of hydrogen-bond donors (Lipinski definition) is 1. The van der Waals surface area contributed by atoms with Gasteiger partial charge in [0.15, 0.2) is 11.5 Å². The summed E-state index contributed by atoms with van der Waals surface area (Å²) in [6, 6.07) is 0.153. The van der Waals surface area contributed by atoms with Crippen LogP contribution in [-0.4, -0.2) is 38.3 Å². The van der Waals surface area contributed by atoms with E-state index in [9.17, 15) is 0 Å². The van der Waals surface area contributed by atoms with E-state index in [-0.39, 0.29) is 11.6 Å². The van der Waals surface area contributed by atoms with Crippen LogP contribution in [0.4, 0.5) is 5.82 Å². The summed E-state index contributed by atoms with van der Waals surface area (Å²) >= 11 is 0. The molecule has 2 atom stereocenters. The normalized spacial score (nSPS) is 19.4. The van der Waals surface area contributed by atoms with Crippen molar-refractivity contribution in [2.75, 3.05) is 12.4 Å². The lowest BCUT2D eigenvalue weighted by molar-refractivity contribution is -0.0246. The molecule has 0 radical (unpaired) electrons. The number of anilines is 1. The Morgan fingerprint density at radius 3 is 2.81 bits per heavy atom. The SMILES string of the molecule is CCn1cnc2c(NC(C)C(C)(OC)C3CC3)ncnc21. The summed E-state index contributed by atoms with van der Waals surface area (Å²) < 4.78 is 7.82. The molecule has 2 aromatic heterocycles. The van der Waals surface area contributed by atoms with Crippen LogP contribution in [0.3, 0.4) is 0 Å². The molecule has 1 aliphatic rings. The number of nitrogens with zero attached hydrogens (tertiary/aromatic N) is 4. The van der Waals surface area contributed by atoms with E-state index in [1.165, 1.54) is 12.8 Å². The lowest BCUT2D eigenvalue weighted by Gasteiger charge is -2.35. The molecule has 1 aliphatic carbocycles. The minimum Gasteiger partial charge on any atom is -0.376 e. The zero-order chi connectivity index (χ0) is 15.0. The third-order valence-corrected chi connectivity index (χ3v) is 4.78. The fraction of sp³-hybridized carbons (Fsp3) is 0.667. The Labute approximate surface area is 124 Å². The van der Waals surface area contributed by atoms with E-state index in [1.54, 1.807) is 13.4 Å². The van der Waals surface area contributed by atoms with Gasteiger partial charge in [-0.15, -0.1) is 0 Å². The standard InChI is InChI=1S/C15H23N5O/c1-5-20-9-18-12-13(16-8-17-14(12)20)19-10(2)15(3,21-4)11-6-7-11/h8-11H,5-7H2,1-4H3,(H,16,17,19). The van der Waals surface area contributed by atoms with Gasteiger partial charge in [-0.3, -0.25) is 0 Å². The highest BCUT2D eigenvalue weighted by molar-refractivity contribution is 5.82. The summed E-state index contributed by atoms with van der Waals surface area (Å²) in [7, 11) is 1.79. The number of hydrogen-bond acceptors (Lipinski definition) is 5. The molecule has 0 aromatic carbocycles. The molecule has 3 rings (SSSR count). The van der Waals surface area contributed by atoms with Crippen molar-refractivity contribution in [1.82, 2.24) is 19.5 Å². The summed E-state index contributed by atoms with van der Waals surface area (Å²) in [5, 5.41) is 3.48. The van der Waals surface area contributed by atoms with Crippen LogP contribution in [0.25, 0.3) is 11.2 Å². The number of rotatable bonds is 6. The van der Waals surface area contributed by atoms with Gasteiger partial charge in [0.05, 0.1) is 18.0 Å². The Bertz CT molecular complexity index is 636. The third-order valence-electron chi connectivity index (χ3n) is 4.78. The van der Waals surface area contributed by atoms with E-state index < -0.39 is 0 Å². The molecule has 0 amide bonds. The first-order valence-corrected chi connectivity index (χ1v) is 7.57. The first-order valence-electron chi connectivity index (χ1n) is 7.57. The maximum atomic E-state index is 5.80. The van der Waals surface area contributed by atoms with E-state index in [2.05, 4.69) is 41.0 Å². The molecular formula is C15H23N5O. The molecule has 6 nitrogen and oxygen atoms in total. The average molecular weight is 289 g/mol. The van der Waals surface area contributed by atoms with Crippen molar-refractivity contribution < 1.29 is 4.74 Å². The minimum absolute atomic E-state index is 0.153. The molecule has 1 fully saturated rings.